The molecule has 1 aliphatic rings. The fraction of sp³-hybridized carbons (Fsp3) is 0.636. The van der Waals surface area contributed by atoms with E-state index < -0.39 is 42.8 Å². The maximum Gasteiger partial charge on any atom is 0.351 e. The Kier molecular flexibility index (Phi) is 3.59. The van der Waals surface area contributed by atoms with E-state index in [1.165, 1.54) is 12.3 Å². The molecule has 8 heteroatoms. The number of hydrogen-bond donors (Lipinski definition) is 4. The molecule has 4 atom stereocenters. The molecular formula is C11H17N3O5. The molecule has 5 N–H and O–H groups in total. The van der Waals surface area contributed by atoms with Crippen molar-refractivity contribution < 1.29 is 20.1 Å². The highest BCUT2D eigenvalue weighted by atomic mass is 16.5. The molecule has 1 aromatic heterocycles. The van der Waals surface area contributed by atoms with Crippen molar-refractivity contribution in [2.45, 2.75) is 25.4 Å². The van der Waals surface area contributed by atoms with Crippen molar-refractivity contribution in [2.75, 3.05) is 18.9 Å². The quantitative estimate of drug-likeness (QED) is 0.503. The molecule has 2 heterocycles. The maximum absolute atomic E-state index is 11.8. The summed E-state index contributed by atoms with van der Waals surface area (Å²) in [5, 5.41) is 28.7. The summed E-state index contributed by atoms with van der Waals surface area (Å²) in [6, 6.07) is 1.42. The van der Waals surface area contributed by atoms with Crippen LogP contribution in [0.15, 0.2) is 17.1 Å². The van der Waals surface area contributed by atoms with Gasteiger partial charge in [0.25, 0.3) is 0 Å². The molecule has 1 aromatic rings. The van der Waals surface area contributed by atoms with E-state index in [2.05, 4.69) is 4.98 Å². The number of aliphatic hydroxyl groups is 3. The molecular weight excluding hydrogens is 254 g/mol. The van der Waals surface area contributed by atoms with Crippen LogP contribution in [-0.4, -0.2) is 50.3 Å². The van der Waals surface area contributed by atoms with Gasteiger partial charge in [-0.3, -0.25) is 4.57 Å². The summed E-state index contributed by atoms with van der Waals surface area (Å²) in [6.07, 6.45) is -1.51. The molecule has 1 aliphatic heterocycles. The van der Waals surface area contributed by atoms with Crippen LogP contribution in [0.25, 0.3) is 0 Å². The van der Waals surface area contributed by atoms with E-state index >= 15 is 0 Å². The predicted octanol–water partition coefficient (Wildman–Crippen LogP) is -1.93. The third-order valence-corrected chi connectivity index (χ3v) is 3.52. The second-order valence-corrected chi connectivity index (χ2v) is 4.86. The molecule has 1 fully saturated rings. The van der Waals surface area contributed by atoms with Gasteiger partial charge in [-0.2, -0.15) is 4.98 Å². The Hall–Kier alpha value is -1.48. The number of ether oxygens (including phenoxy) is 1. The summed E-state index contributed by atoms with van der Waals surface area (Å²) in [6.45, 7) is 0.747. The molecule has 19 heavy (non-hydrogen) atoms. The summed E-state index contributed by atoms with van der Waals surface area (Å²) in [5.74, 6) is 0.0733. The third-order valence-electron chi connectivity index (χ3n) is 3.52. The summed E-state index contributed by atoms with van der Waals surface area (Å²) in [4.78, 5) is 15.4. The van der Waals surface area contributed by atoms with Crippen molar-refractivity contribution in [1.82, 2.24) is 9.55 Å². The van der Waals surface area contributed by atoms with Crippen LogP contribution in [0.3, 0.4) is 0 Å². The van der Waals surface area contributed by atoms with Crippen molar-refractivity contribution in [1.29, 1.82) is 0 Å². The van der Waals surface area contributed by atoms with Gasteiger partial charge in [-0.25, -0.2) is 4.79 Å². The first-order chi connectivity index (χ1) is 8.93. The number of hydrogen-bond acceptors (Lipinski definition) is 7. The van der Waals surface area contributed by atoms with Gasteiger partial charge in [-0.15, -0.1) is 0 Å². The molecule has 0 radical (unpaired) electrons. The Bertz CT molecular complexity index is 519. The third kappa shape index (κ3) is 2.12. The average molecular weight is 271 g/mol. The molecule has 1 saturated heterocycles. The van der Waals surface area contributed by atoms with Gasteiger partial charge in [0.15, 0.2) is 0 Å². The van der Waals surface area contributed by atoms with Gasteiger partial charge in [0.1, 0.15) is 18.1 Å². The van der Waals surface area contributed by atoms with Gasteiger partial charge in [0.2, 0.25) is 0 Å². The Labute approximate surface area is 109 Å². The van der Waals surface area contributed by atoms with Crippen LogP contribution in [0, 0.1) is 5.41 Å². The Morgan fingerprint density at radius 3 is 2.79 bits per heavy atom. The number of anilines is 1. The van der Waals surface area contributed by atoms with Gasteiger partial charge >= 0.3 is 5.69 Å². The topological polar surface area (TPSA) is 131 Å². The van der Waals surface area contributed by atoms with Gasteiger partial charge in [0.05, 0.1) is 24.7 Å². The highest BCUT2D eigenvalue weighted by Gasteiger charge is 2.53. The summed E-state index contributed by atoms with van der Waals surface area (Å²) < 4.78 is 6.60. The maximum atomic E-state index is 11.8. The van der Waals surface area contributed by atoms with Crippen molar-refractivity contribution in [3.05, 3.63) is 22.7 Å². The molecule has 0 saturated carbocycles. The summed E-state index contributed by atoms with van der Waals surface area (Å²) in [5.41, 5.74) is 3.64. The lowest BCUT2D eigenvalue weighted by Crippen LogP contribution is -2.43. The minimum Gasteiger partial charge on any atom is -0.396 e. The van der Waals surface area contributed by atoms with Crippen LogP contribution >= 0.6 is 0 Å². The number of nitrogen functional groups attached to an aromatic ring is 1. The lowest BCUT2D eigenvalue weighted by Gasteiger charge is -2.31. The van der Waals surface area contributed by atoms with Gasteiger partial charge < -0.3 is 25.8 Å². The predicted molar refractivity (Wildman–Crippen MR) is 65.1 cm³/mol. The van der Waals surface area contributed by atoms with Gasteiger partial charge in [-0.05, 0) is 6.07 Å². The minimum absolute atomic E-state index is 0.0733. The lowest BCUT2D eigenvalue weighted by molar-refractivity contribution is -0.0640. The van der Waals surface area contributed by atoms with Crippen LogP contribution in [0.1, 0.15) is 13.2 Å². The first-order valence-electron chi connectivity index (χ1n) is 5.84. The van der Waals surface area contributed by atoms with E-state index in [0.717, 1.165) is 4.57 Å². The van der Waals surface area contributed by atoms with Crippen LogP contribution < -0.4 is 11.4 Å². The van der Waals surface area contributed by atoms with Crippen LogP contribution in [0.4, 0.5) is 5.82 Å². The summed E-state index contributed by atoms with van der Waals surface area (Å²) >= 11 is 0. The van der Waals surface area contributed by atoms with E-state index in [1.807, 2.05) is 0 Å². The van der Waals surface area contributed by atoms with Gasteiger partial charge in [0, 0.05) is 6.20 Å². The second-order valence-electron chi connectivity index (χ2n) is 4.86. The molecule has 106 valence electrons. The number of aromatic nitrogens is 2. The number of aliphatic hydroxyl groups excluding tert-OH is 3. The van der Waals surface area contributed by atoms with E-state index in [1.54, 1.807) is 6.92 Å². The molecule has 0 bridgehead atoms. The Morgan fingerprint density at radius 2 is 2.26 bits per heavy atom. The Balaban J connectivity index is 2.45. The Morgan fingerprint density at radius 1 is 1.58 bits per heavy atom. The van der Waals surface area contributed by atoms with Crippen molar-refractivity contribution in [3.8, 4) is 0 Å². The molecule has 2 unspecified atom stereocenters. The zero-order chi connectivity index (χ0) is 14.2. The van der Waals surface area contributed by atoms with Gasteiger partial charge in [-0.1, -0.05) is 6.92 Å². The molecule has 8 nitrogen and oxygen atoms in total. The fourth-order valence-electron chi connectivity index (χ4n) is 2.27. The van der Waals surface area contributed by atoms with E-state index in [-0.39, 0.29) is 5.82 Å². The second kappa shape index (κ2) is 4.89. The summed E-state index contributed by atoms with van der Waals surface area (Å²) in [7, 11) is 0. The number of nitrogens with two attached hydrogens (primary N) is 1. The SMILES string of the molecule is CC1(CO)C(O)[C@@H](CO)O[C@H]1n1ccc(N)nc1=O. The van der Waals surface area contributed by atoms with Crippen LogP contribution in [0.5, 0.6) is 0 Å². The monoisotopic (exact) mass is 271 g/mol. The van der Waals surface area contributed by atoms with E-state index in [4.69, 9.17) is 15.6 Å². The molecule has 0 aliphatic carbocycles. The van der Waals surface area contributed by atoms with Crippen molar-refractivity contribution >= 4 is 5.82 Å². The van der Waals surface area contributed by atoms with E-state index in [9.17, 15) is 15.0 Å². The van der Waals surface area contributed by atoms with Crippen LogP contribution in [0.2, 0.25) is 0 Å². The first kappa shape index (κ1) is 13.9. The fourth-order valence-corrected chi connectivity index (χ4v) is 2.27. The normalized spacial score (nSPS) is 34.6. The number of nitrogens with zero attached hydrogens (tertiary/aromatic N) is 2. The van der Waals surface area contributed by atoms with Crippen LogP contribution in [-0.2, 0) is 4.74 Å². The standard InChI is InChI=1S/C11H17N3O5/c1-11(5-16)8(17)6(4-15)19-9(11)14-3-2-7(12)13-10(14)18/h2-3,6,8-9,15-17H,4-5H2,1H3,(H2,12,13,18)/t6-,8?,9-,11?/m1/s1. The molecule has 2 rings (SSSR count). The zero-order valence-corrected chi connectivity index (χ0v) is 10.4. The highest BCUT2D eigenvalue weighted by molar-refractivity contribution is 5.23. The zero-order valence-electron chi connectivity index (χ0n) is 10.4. The van der Waals surface area contributed by atoms with Crippen molar-refractivity contribution in [3.63, 3.8) is 0 Å². The largest absolute Gasteiger partial charge is 0.396 e. The highest BCUT2D eigenvalue weighted by Crippen LogP contribution is 2.44. The smallest absolute Gasteiger partial charge is 0.351 e. The molecule has 0 amide bonds. The first-order valence-corrected chi connectivity index (χ1v) is 5.84. The number of rotatable bonds is 3. The lowest BCUT2D eigenvalue weighted by atomic mass is 9.83. The average Bonchev–Trinajstić information content (AvgIpc) is 2.63. The molecule has 0 aromatic carbocycles. The van der Waals surface area contributed by atoms with E-state index in [0.29, 0.717) is 0 Å². The minimum atomic E-state index is -1.12. The molecule has 0 spiro atoms. The van der Waals surface area contributed by atoms with Crippen molar-refractivity contribution in [2.24, 2.45) is 5.41 Å².